The lowest BCUT2D eigenvalue weighted by atomic mass is 10.3. The average Bonchev–Trinajstić information content (AvgIpc) is 2.15. The Morgan fingerprint density at radius 2 is 2.20 bits per heavy atom. The number of allylic oxidation sites excluding steroid dienone is 1. The lowest BCUT2D eigenvalue weighted by molar-refractivity contribution is 0.284. The van der Waals surface area contributed by atoms with Gasteiger partial charge >= 0.3 is 0 Å². The molecule has 0 saturated carbocycles. The Bertz CT molecular complexity index is 303. The predicted octanol–water partition coefficient (Wildman–Crippen LogP) is 0.608. The van der Waals surface area contributed by atoms with E-state index in [9.17, 15) is 8.42 Å². The van der Waals surface area contributed by atoms with Crippen LogP contribution in [-0.2, 0) is 10.0 Å². The minimum absolute atomic E-state index is 0. The van der Waals surface area contributed by atoms with Crippen molar-refractivity contribution < 1.29 is 8.42 Å². The summed E-state index contributed by atoms with van der Waals surface area (Å²) >= 11 is 0. The first-order valence-electron chi connectivity index (χ1n) is 4.89. The summed E-state index contributed by atoms with van der Waals surface area (Å²) in [6, 6.07) is 0.0685. The molecule has 0 spiro atoms. The van der Waals surface area contributed by atoms with Gasteiger partial charge in [-0.3, -0.25) is 0 Å². The van der Waals surface area contributed by atoms with Gasteiger partial charge in [-0.05, 0) is 13.8 Å². The Labute approximate surface area is 98.2 Å². The molecule has 1 saturated heterocycles. The van der Waals surface area contributed by atoms with Gasteiger partial charge in [-0.25, -0.2) is 8.42 Å². The van der Waals surface area contributed by atoms with E-state index in [1.165, 1.54) is 0 Å². The number of halogens is 1. The number of hydrogen-bond acceptors (Lipinski definition) is 3. The largest absolute Gasteiger partial charge is 0.314 e. The molecular formula is C9H19ClN2O2S. The van der Waals surface area contributed by atoms with Crippen molar-refractivity contribution in [3.8, 4) is 0 Å². The van der Waals surface area contributed by atoms with Gasteiger partial charge in [-0.2, -0.15) is 4.31 Å². The third-order valence-electron chi connectivity index (χ3n) is 2.34. The second-order valence-electron chi connectivity index (χ2n) is 3.51. The van der Waals surface area contributed by atoms with Gasteiger partial charge < -0.3 is 5.32 Å². The predicted molar refractivity (Wildman–Crippen MR) is 64.9 cm³/mol. The van der Waals surface area contributed by atoms with E-state index < -0.39 is 10.0 Å². The van der Waals surface area contributed by atoms with Crippen molar-refractivity contribution in [3.63, 3.8) is 0 Å². The molecule has 1 N–H and O–H groups in total. The van der Waals surface area contributed by atoms with Crippen LogP contribution in [0.4, 0.5) is 0 Å². The Morgan fingerprint density at radius 3 is 2.73 bits per heavy atom. The van der Waals surface area contributed by atoms with Crippen molar-refractivity contribution in [2.45, 2.75) is 19.9 Å². The second-order valence-corrected chi connectivity index (χ2v) is 5.48. The van der Waals surface area contributed by atoms with Gasteiger partial charge in [-0.1, -0.05) is 12.2 Å². The van der Waals surface area contributed by atoms with Crippen LogP contribution in [0.1, 0.15) is 13.8 Å². The van der Waals surface area contributed by atoms with Crippen molar-refractivity contribution in [1.82, 2.24) is 9.62 Å². The van der Waals surface area contributed by atoms with E-state index in [0.29, 0.717) is 6.54 Å². The molecule has 0 unspecified atom stereocenters. The first-order chi connectivity index (χ1) is 6.58. The lowest BCUT2D eigenvalue weighted by Crippen LogP contribution is -2.52. The number of nitrogens with zero attached hydrogens (tertiary/aromatic N) is 1. The van der Waals surface area contributed by atoms with Crippen LogP contribution in [0.2, 0.25) is 0 Å². The first kappa shape index (κ1) is 14.9. The number of hydrogen-bond donors (Lipinski definition) is 1. The van der Waals surface area contributed by atoms with Gasteiger partial charge in [0.05, 0.1) is 5.75 Å². The summed E-state index contributed by atoms with van der Waals surface area (Å²) in [5.41, 5.74) is 0. The lowest BCUT2D eigenvalue weighted by Gasteiger charge is -2.32. The molecule has 0 radical (unpaired) electrons. The van der Waals surface area contributed by atoms with Crippen molar-refractivity contribution in [1.29, 1.82) is 0 Å². The summed E-state index contributed by atoms with van der Waals surface area (Å²) in [4.78, 5) is 0. The molecule has 90 valence electrons. The second kappa shape index (κ2) is 6.48. The molecule has 6 heteroatoms. The zero-order valence-corrected chi connectivity index (χ0v) is 10.8. The normalized spacial score (nSPS) is 24.0. The molecule has 4 nitrogen and oxygen atoms in total. The maximum absolute atomic E-state index is 11.8. The Hall–Kier alpha value is -0.100. The van der Waals surface area contributed by atoms with E-state index in [4.69, 9.17) is 0 Å². The van der Waals surface area contributed by atoms with Crippen molar-refractivity contribution in [3.05, 3.63) is 12.2 Å². The SMILES string of the molecule is C/C=C/CS(=O)(=O)N1CCNC[C@H]1C.Cl. The average molecular weight is 255 g/mol. The van der Waals surface area contributed by atoms with Crippen molar-refractivity contribution in [2.75, 3.05) is 25.4 Å². The smallest absolute Gasteiger partial charge is 0.218 e. The molecule has 1 aliphatic heterocycles. The van der Waals surface area contributed by atoms with Crippen LogP contribution < -0.4 is 5.32 Å². The Morgan fingerprint density at radius 1 is 1.53 bits per heavy atom. The summed E-state index contributed by atoms with van der Waals surface area (Å²) in [5, 5.41) is 3.17. The van der Waals surface area contributed by atoms with Gasteiger partial charge in [0.2, 0.25) is 10.0 Å². The van der Waals surface area contributed by atoms with E-state index in [1.807, 2.05) is 13.8 Å². The Kier molecular flexibility index (Phi) is 6.43. The third-order valence-corrected chi connectivity index (χ3v) is 4.21. The highest BCUT2D eigenvalue weighted by Crippen LogP contribution is 2.09. The summed E-state index contributed by atoms with van der Waals surface area (Å²) < 4.78 is 25.2. The molecule has 0 amide bonds. The number of nitrogens with one attached hydrogen (secondary N) is 1. The van der Waals surface area contributed by atoms with E-state index in [0.717, 1.165) is 13.1 Å². The van der Waals surface area contributed by atoms with Gasteiger partial charge in [0.1, 0.15) is 0 Å². The number of rotatable bonds is 3. The summed E-state index contributed by atoms with van der Waals surface area (Å²) in [6.07, 6.45) is 3.45. The highest BCUT2D eigenvalue weighted by molar-refractivity contribution is 7.89. The maximum atomic E-state index is 11.8. The Balaban J connectivity index is 0.00000196. The van der Waals surface area contributed by atoms with Crippen LogP contribution in [0.5, 0.6) is 0 Å². The molecule has 1 aliphatic rings. The van der Waals surface area contributed by atoms with Crippen molar-refractivity contribution >= 4 is 22.4 Å². The van der Waals surface area contributed by atoms with Gasteiger partial charge in [0.15, 0.2) is 0 Å². The highest BCUT2D eigenvalue weighted by atomic mass is 35.5. The standard InChI is InChI=1S/C9H18N2O2S.ClH/c1-3-4-7-14(12,13)11-6-5-10-8-9(11)2;/h3-4,9-10H,5-8H2,1-2H3;1H/b4-3+;/t9-;/m1./s1. The fourth-order valence-corrected chi connectivity index (χ4v) is 3.17. The highest BCUT2D eigenvalue weighted by Gasteiger charge is 2.27. The van der Waals surface area contributed by atoms with Gasteiger partial charge in [0.25, 0.3) is 0 Å². The van der Waals surface area contributed by atoms with Gasteiger partial charge in [-0.15, -0.1) is 12.4 Å². The molecule has 0 bridgehead atoms. The molecule has 1 fully saturated rings. The van der Waals surface area contributed by atoms with E-state index in [2.05, 4.69) is 5.32 Å². The van der Waals surface area contributed by atoms with Crippen LogP contribution >= 0.6 is 12.4 Å². The van der Waals surface area contributed by atoms with Crippen LogP contribution in [0.3, 0.4) is 0 Å². The topological polar surface area (TPSA) is 49.4 Å². The molecule has 1 atom stereocenters. The van der Waals surface area contributed by atoms with Gasteiger partial charge in [0, 0.05) is 25.7 Å². The molecule has 0 aromatic carbocycles. The van der Waals surface area contributed by atoms with Crippen LogP contribution in [-0.4, -0.2) is 44.2 Å². The fourth-order valence-electron chi connectivity index (χ4n) is 1.55. The van der Waals surface area contributed by atoms with E-state index >= 15 is 0 Å². The van der Waals surface area contributed by atoms with Crippen LogP contribution in [0.15, 0.2) is 12.2 Å². The molecule has 15 heavy (non-hydrogen) atoms. The quantitative estimate of drug-likeness (QED) is 0.751. The monoisotopic (exact) mass is 254 g/mol. The van der Waals surface area contributed by atoms with E-state index in [1.54, 1.807) is 16.5 Å². The van der Waals surface area contributed by atoms with Crippen LogP contribution in [0.25, 0.3) is 0 Å². The van der Waals surface area contributed by atoms with E-state index in [-0.39, 0.29) is 24.2 Å². The maximum Gasteiger partial charge on any atom is 0.218 e. The minimum Gasteiger partial charge on any atom is -0.314 e. The molecular weight excluding hydrogens is 236 g/mol. The summed E-state index contributed by atoms with van der Waals surface area (Å²) in [6.45, 7) is 5.84. The first-order valence-corrected chi connectivity index (χ1v) is 6.50. The third kappa shape index (κ3) is 4.10. The number of piperazine rings is 1. The molecule has 0 aromatic rings. The number of sulfonamides is 1. The zero-order chi connectivity index (χ0) is 10.6. The minimum atomic E-state index is -3.09. The fraction of sp³-hybridized carbons (Fsp3) is 0.778. The molecule has 1 heterocycles. The summed E-state index contributed by atoms with van der Waals surface area (Å²) in [5.74, 6) is 0.119. The summed E-state index contributed by atoms with van der Waals surface area (Å²) in [7, 11) is -3.09. The molecule has 0 aromatic heterocycles. The molecule has 1 rings (SSSR count). The van der Waals surface area contributed by atoms with Crippen LogP contribution in [0, 0.1) is 0 Å². The molecule has 0 aliphatic carbocycles. The zero-order valence-electron chi connectivity index (χ0n) is 9.14. The van der Waals surface area contributed by atoms with Crippen molar-refractivity contribution in [2.24, 2.45) is 0 Å².